The van der Waals surface area contributed by atoms with Crippen LogP contribution in [0, 0.1) is 5.92 Å². The maximum absolute atomic E-state index is 11.6. The predicted molar refractivity (Wildman–Crippen MR) is 68.5 cm³/mol. The lowest BCUT2D eigenvalue weighted by atomic mass is 10.1. The van der Waals surface area contributed by atoms with Crippen molar-refractivity contribution in [2.75, 3.05) is 14.2 Å². The summed E-state index contributed by atoms with van der Waals surface area (Å²) in [5.74, 6) is -2.47. The van der Waals surface area contributed by atoms with Crippen LogP contribution in [0.25, 0.3) is 0 Å². The van der Waals surface area contributed by atoms with Gasteiger partial charge in [0.05, 0.1) is 19.0 Å². The van der Waals surface area contributed by atoms with Crippen molar-refractivity contribution in [3.05, 3.63) is 0 Å². The molecule has 0 aromatic rings. The molecule has 0 aliphatic heterocycles. The summed E-state index contributed by atoms with van der Waals surface area (Å²) in [5.41, 5.74) is 0. The van der Waals surface area contributed by atoms with Gasteiger partial charge in [-0.1, -0.05) is 0 Å². The fourth-order valence-electron chi connectivity index (χ4n) is 0.947. The predicted octanol–water partition coefficient (Wildman–Crippen LogP) is 0.872. The average Bonchev–Trinajstić information content (AvgIpc) is 2.31. The smallest absolute Gasteiger partial charge is 0.320 e. The van der Waals surface area contributed by atoms with Crippen LogP contribution in [0.3, 0.4) is 0 Å². The Morgan fingerprint density at radius 2 is 1.67 bits per heavy atom. The second-order valence-corrected chi connectivity index (χ2v) is 6.42. The first-order valence-electron chi connectivity index (χ1n) is 5.34. The van der Waals surface area contributed by atoms with Crippen LogP contribution in [0.1, 0.15) is 27.2 Å². The van der Waals surface area contributed by atoms with Gasteiger partial charge in [0.1, 0.15) is 11.0 Å². The third-order valence-electron chi connectivity index (χ3n) is 2.01. The monoisotopic (exact) mass is 277 g/mol. The molecule has 1 atom stereocenters. The lowest BCUT2D eigenvalue weighted by molar-refractivity contribution is -0.158. The van der Waals surface area contributed by atoms with Crippen molar-refractivity contribution in [3.8, 4) is 0 Å². The van der Waals surface area contributed by atoms with Crippen LogP contribution in [0.15, 0.2) is 4.40 Å². The zero-order valence-electron chi connectivity index (χ0n) is 11.3. The molecular weight excluding hydrogens is 258 g/mol. The topological polar surface area (TPSA) is 82.0 Å². The second kappa shape index (κ2) is 7.25. The molecule has 0 unspecified atom stereocenters. The Bertz CT molecular complexity index is 343. The molecule has 0 radical (unpaired) electrons. The molecule has 7 heteroatoms. The van der Waals surface area contributed by atoms with Gasteiger partial charge in [-0.05, 0) is 20.8 Å². The highest BCUT2D eigenvalue weighted by Crippen LogP contribution is 2.13. The minimum absolute atomic E-state index is 0.00116. The van der Waals surface area contributed by atoms with Crippen LogP contribution in [-0.4, -0.2) is 41.3 Å². The number of rotatable bonds is 5. The van der Waals surface area contributed by atoms with Gasteiger partial charge in [0, 0.05) is 12.6 Å². The van der Waals surface area contributed by atoms with Gasteiger partial charge in [-0.3, -0.25) is 9.59 Å². The first kappa shape index (κ1) is 16.8. The van der Waals surface area contributed by atoms with Crippen LogP contribution < -0.4 is 0 Å². The zero-order valence-corrected chi connectivity index (χ0v) is 12.1. The molecule has 0 saturated heterocycles. The number of carbonyl (C=O) groups excluding carboxylic acids is 2. The van der Waals surface area contributed by atoms with Crippen molar-refractivity contribution in [1.82, 2.24) is 0 Å². The summed E-state index contributed by atoms with van der Waals surface area (Å²) in [6, 6.07) is 0. The first-order valence-corrected chi connectivity index (χ1v) is 6.45. The summed E-state index contributed by atoms with van der Waals surface area (Å²) < 4.78 is 23.9. The summed E-state index contributed by atoms with van der Waals surface area (Å²) in [6.45, 7) is 5.33. The standard InChI is InChI=1S/C11H19NO5S/c1-11(2,3)18(15)12-7-6-8(9(13)16-4)10(14)17-5/h7-8H,6H2,1-5H3/b12-7+/t18-/m1/s1. The molecule has 6 nitrogen and oxygen atoms in total. The Hall–Kier alpha value is -1.24. The number of nitrogens with zero attached hydrogens (tertiary/aromatic N) is 1. The van der Waals surface area contributed by atoms with E-state index in [4.69, 9.17) is 0 Å². The molecule has 0 rings (SSSR count). The second-order valence-electron chi connectivity index (χ2n) is 4.48. The van der Waals surface area contributed by atoms with E-state index in [0.717, 1.165) is 0 Å². The number of methoxy groups -OCH3 is 2. The normalized spacial score (nSPS) is 13.7. The van der Waals surface area contributed by atoms with Crippen molar-refractivity contribution < 1.29 is 23.3 Å². The lowest BCUT2D eigenvalue weighted by Gasteiger charge is -2.13. The summed E-state index contributed by atoms with van der Waals surface area (Å²) in [6.07, 6.45) is 1.29. The van der Waals surface area contributed by atoms with E-state index in [1.54, 1.807) is 20.8 Å². The van der Waals surface area contributed by atoms with Gasteiger partial charge in [0.2, 0.25) is 0 Å². The van der Waals surface area contributed by atoms with Gasteiger partial charge in [-0.15, -0.1) is 0 Å². The number of carbonyl (C=O) groups is 2. The van der Waals surface area contributed by atoms with Crippen LogP contribution in [0.5, 0.6) is 0 Å². The highest BCUT2D eigenvalue weighted by atomic mass is 32.2. The minimum atomic E-state index is -1.42. The summed E-state index contributed by atoms with van der Waals surface area (Å²) in [4.78, 5) is 22.6. The molecule has 104 valence electrons. The molecule has 0 saturated carbocycles. The molecule has 0 aromatic carbocycles. The van der Waals surface area contributed by atoms with E-state index in [2.05, 4.69) is 13.9 Å². The van der Waals surface area contributed by atoms with Crippen molar-refractivity contribution >= 4 is 29.1 Å². The van der Waals surface area contributed by atoms with E-state index in [0.29, 0.717) is 0 Å². The maximum Gasteiger partial charge on any atom is 0.320 e. The Morgan fingerprint density at radius 1 is 1.22 bits per heavy atom. The average molecular weight is 277 g/mol. The maximum atomic E-state index is 11.6. The van der Waals surface area contributed by atoms with Gasteiger partial charge < -0.3 is 9.47 Å². The van der Waals surface area contributed by atoms with Crippen molar-refractivity contribution in [3.63, 3.8) is 0 Å². The van der Waals surface area contributed by atoms with E-state index < -0.39 is 33.6 Å². The SMILES string of the molecule is COC(=O)C(C/C=N/[S@](=O)C(C)(C)C)C(=O)OC. The highest BCUT2D eigenvalue weighted by Gasteiger charge is 2.28. The Balaban J connectivity index is 4.63. The van der Waals surface area contributed by atoms with Crippen LogP contribution in [0.4, 0.5) is 0 Å². The molecular formula is C11H19NO5S. The van der Waals surface area contributed by atoms with E-state index in [-0.39, 0.29) is 6.42 Å². The van der Waals surface area contributed by atoms with Crippen LogP contribution in [0.2, 0.25) is 0 Å². The van der Waals surface area contributed by atoms with Crippen LogP contribution in [-0.2, 0) is 30.0 Å². The fourth-order valence-corrected chi connectivity index (χ4v) is 1.49. The molecule has 0 spiro atoms. The number of hydrogen-bond donors (Lipinski definition) is 0. The van der Waals surface area contributed by atoms with E-state index >= 15 is 0 Å². The molecule has 0 bridgehead atoms. The highest BCUT2D eigenvalue weighted by molar-refractivity contribution is 7.85. The quantitative estimate of drug-likeness (QED) is 0.423. The molecule has 0 heterocycles. The number of esters is 2. The summed E-state index contributed by atoms with van der Waals surface area (Å²) in [7, 11) is 0.948. The largest absolute Gasteiger partial charge is 0.468 e. The van der Waals surface area contributed by atoms with Gasteiger partial charge in [0.15, 0.2) is 5.92 Å². The molecule has 18 heavy (non-hydrogen) atoms. The van der Waals surface area contributed by atoms with Crippen molar-refractivity contribution in [2.24, 2.45) is 10.3 Å². The zero-order chi connectivity index (χ0) is 14.3. The summed E-state index contributed by atoms with van der Waals surface area (Å²) >= 11 is 0. The Morgan fingerprint density at radius 3 is 2.00 bits per heavy atom. The fraction of sp³-hybridized carbons (Fsp3) is 0.727. The van der Waals surface area contributed by atoms with Crippen LogP contribution >= 0.6 is 0 Å². The third kappa shape index (κ3) is 5.39. The minimum Gasteiger partial charge on any atom is -0.468 e. The molecule has 0 aliphatic carbocycles. The third-order valence-corrected chi connectivity index (χ3v) is 3.39. The lowest BCUT2D eigenvalue weighted by Crippen LogP contribution is -2.27. The van der Waals surface area contributed by atoms with E-state index in [9.17, 15) is 13.8 Å². The molecule has 0 fully saturated rings. The Kier molecular flexibility index (Phi) is 6.75. The Labute approximate surface area is 109 Å². The van der Waals surface area contributed by atoms with Crippen molar-refractivity contribution in [1.29, 1.82) is 0 Å². The molecule has 0 aromatic heterocycles. The first-order chi connectivity index (χ1) is 8.23. The van der Waals surface area contributed by atoms with Gasteiger partial charge in [-0.2, -0.15) is 4.40 Å². The van der Waals surface area contributed by atoms with E-state index in [1.807, 2.05) is 0 Å². The van der Waals surface area contributed by atoms with Gasteiger partial charge in [-0.25, -0.2) is 4.21 Å². The van der Waals surface area contributed by atoms with E-state index in [1.165, 1.54) is 20.4 Å². The molecule has 0 N–H and O–H groups in total. The summed E-state index contributed by atoms with van der Waals surface area (Å²) in [5, 5.41) is 0. The number of hydrogen-bond acceptors (Lipinski definition) is 5. The molecule has 0 amide bonds. The molecule has 0 aliphatic rings. The number of ether oxygens (including phenoxy) is 2. The van der Waals surface area contributed by atoms with Gasteiger partial charge >= 0.3 is 11.9 Å². The van der Waals surface area contributed by atoms with Gasteiger partial charge in [0.25, 0.3) is 0 Å². The van der Waals surface area contributed by atoms with Crippen molar-refractivity contribution in [2.45, 2.75) is 31.9 Å².